The van der Waals surface area contributed by atoms with E-state index < -0.39 is 0 Å². The molecule has 0 bridgehead atoms. The second-order valence-electron chi connectivity index (χ2n) is 9.57. The van der Waals surface area contributed by atoms with Crippen molar-refractivity contribution >= 4 is 37.1 Å². The zero-order valence-electron chi connectivity index (χ0n) is 25.1. The average Bonchev–Trinajstić information content (AvgIpc) is 3.05. The summed E-state index contributed by atoms with van der Waals surface area (Å²) in [6.45, 7) is 14.5. The van der Waals surface area contributed by atoms with Crippen molar-refractivity contribution in [2.45, 2.75) is 44.9 Å². The summed E-state index contributed by atoms with van der Waals surface area (Å²) < 4.78 is 0. The van der Waals surface area contributed by atoms with Crippen LogP contribution in [0.5, 0.6) is 0 Å². The van der Waals surface area contributed by atoms with Crippen molar-refractivity contribution in [3.05, 3.63) is 160 Å². The Labute approximate surface area is 274 Å². The molecule has 0 heterocycles. The SMILES string of the molecule is C=CCCC[CH2-].C=CCCC[CH2-].[Pt+2].c1ccc(P(CCCP(c2ccccc2)c2ccccc2)c2ccccc2)cc1. The van der Waals surface area contributed by atoms with Gasteiger partial charge in [-0.25, -0.2) is 0 Å². The van der Waals surface area contributed by atoms with E-state index in [1.807, 2.05) is 12.2 Å². The van der Waals surface area contributed by atoms with Gasteiger partial charge in [0.2, 0.25) is 0 Å². The molecule has 224 valence electrons. The van der Waals surface area contributed by atoms with Crippen LogP contribution in [-0.2, 0) is 21.1 Å². The number of unbranched alkanes of at least 4 members (excludes halogenated alkanes) is 4. The van der Waals surface area contributed by atoms with Crippen LogP contribution in [0.1, 0.15) is 44.9 Å². The molecule has 4 rings (SSSR count). The molecule has 0 aliphatic rings. The standard InChI is InChI=1S/C27H26P2.2C6H11.Pt/c1-5-14-24(15-6-1)28(25-16-7-2-8-17-25)22-13-23-29(26-18-9-3-10-19-26)27-20-11-4-12-21-27;2*1-3-5-6-4-2;/h1-12,14-21H,13,22-23H2;2*3H,1-2,4-6H2;/q;2*-1;+2. The van der Waals surface area contributed by atoms with E-state index in [0.717, 1.165) is 25.7 Å². The van der Waals surface area contributed by atoms with Crippen LogP contribution in [0, 0.1) is 13.8 Å². The summed E-state index contributed by atoms with van der Waals surface area (Å²) >= 11 is 0. The first-order valence-electron chi connectivity index (χ1n) is 14.8. The third-order valence-electron chi connectivity index (χ3n) is 6.35. The van der Waals surface area contributed by atoms with Crippen LogP contribution in [0.15, 0.2) is 147 Å². The summed E-state index contributed by atoms with van der Waals surface area (Å²) in [5.41, 5.74) is 0. The molecule has 4 aromatic rings. The van der Waals surface area contributed by atoms with Gasteiger partial charge in [-0.15, -0.1) is 13.2 Å². The normalized spacial score (nSPS) is 10.0. The van der Waals surface area contributed by atoms with Gasteiger partial charge in [-0.1, -0.05) is 146 Å². The van der Waals surface area contributed by atoms with E-state index in [2.05, 4.69) is 148 Å². The Morgan fingerprint density at radius 1 is 0.452 bits per heavy atom. The molecule has 0 aromatic heterocycles. The molecule has 0 saturated carbocycles. The van der Waals surface area contributed by atoms with Crippen LogP contribution in [0.3, 0.4) is 0 Å². The third-order valence-corrected chi connectivity index (χ3v) is 11.6. The van der Waals surface area contributed by atoms with E-state index in [9.17, 15) is 0 Å². The Balaban J connectivity index is 0.000000575. The summed E-state index contributed by atoms with van der Waals surface area (Å²) in [5, 5.41) is 5.94. The maximum absolute atomic E-state index is 3.68. The molecule has 0 spiro atoms. The summed E-state index contributed by atoms with van der Waals surface area (Å²) in [6, 6.07) is 44.3. The second kappa shape index (κ2) is 25.4. The van der Waals surface area contributed by atoms with Crippen molar-refractivity contribution in [1.82, 2.24) is 0 Å². The van der Waals surface area contributed by atoms with Gasteiger partial charge in [0, 0.05) is 0 Å². The first-order valence-corrected chi connectivity index (χ1v) is 17.9. The minimum Gasteiger partial charge on any atom is -0.343 e. The molecule has 42 heavy (non-hydrogen) atoms. The molecule has 0 fully saturated rings. The van der Waals surface area contributed by atoms with E-state index >= 15 is 0 Å². The number of rotatable bonds is 14. The van der Waals surface area contributed by atoms with Crippen molar-refractivity contribution in [1.29, 1.82) is 0 Å². The maximum Gasteiger partial charge on any atom is 2.00 e. The van der Waals surface area contributed by atoms with Gasteiger partial charge in [-0.3, -0.25) is 0 Å². The van der Waals surface area contributed by atoms with Gasteiger partial charge < -0.3 is 13.8 Å². The minimum absolute atomic E-state index is 0. The van der Waals surface area contributed by atoms with Crippen LogP contribution < -0.4 is 21.2 Å². The molecular weight excluding hydrogens is 725 g/mol. The van der Waals surface area contributed by atoms with Gasteiger partial charge in [-0.05, 0) is 68.6 Å². The fourth-order valence-corrected chi connectivity index (χ4v) is 9.17. The van der Waals surface area contributed by atoms with Gasteiger partial charge in [0.1, 0.15) is 0 Å². The van der Waals surface area contributed by atoms with Crippen LogP contribution in [0.2, 0.25) is 0 Å². The van der Waals surface area contributed by atoms with Gasteiger partial charge in [0.25, 0.3) is 0 Å². The number of benzene rings is 4. The summed E-state index contributed by atoms with van der Waals surface area (Å²) in [5.74, 6) is 0. The number of hydrogen-bond donors (Lipinski definition) is 0. The van der Waals surface area contributed by atoms with Gasteiger partial charge in [-0.2, -0.15) is 12.8 Å². The topological polar surface area (TPSA) is 0 Å². The monoisotopic (exact) mass is 773 g/mol. The van der Waals surface area contributed by atoms with Crippen molar-refractivity contribution in [3.63, 3.8) is 0 Å². The number of hydrogen-bond acceptors (Lipinski definition) is 0. The Morgan fingerprint density at radius 2 is 0.714 bits per heavy atom. The maximum atomic E-state index is 3.68. The van der Waals surface area contributed by atoms with Gasteiger partial charge >= 0.3 is 21.1 Å². The molecule has 0 aliphatic heterocycles. The fourth-order valence-electron chi connectivity index (χ4n) is 4.21. The van der Waals surface area contributed by atoms with Crippen molar-refractivity contribution in [2.24, 2.45) is 0 Å². The molecule has 0 unspecified atom stereocenters. The average molecular weight is 774 g/mol. The Kier molecular flexibility index (Phi) is 23.0. The molecule has 3 heteroatoms. The fraction of sp³-hybridized carbons (Fsp3) is 0.231. The quantitative estimate of drug-likeness (QED) is 0.0518. The van der Waals surface area contributed by atoms with E-state index in [0.29, 0.717) is 0 Å². The Bertz CT molecular complexity index is 990. The van der Waals surface area contributed by atoms with E-state index in [1.165, 1.54) is 52.8 Å². The number of allylic oxidation sites excluding steroid dienone is 2. The molecule has 0 atom stereocenters. The molecule has 0 radical (unpaired) electrons. The smallest absolute Gasteiger partial charge is 0.343 e. The first-order chi connectivity index (χ1) is 20.2. The van der Waals surface area contributed by atoms with Crippen LogP contribution in [-0.4, -0.2) is 12.3 Å². The Morgan fingerprint density at radius 3 is 0.905 bits per heavy atom. The van der Waals surface area contributed by atoms with Crippen LogP contribution in [0.25, 0.3) is 0 Å². The minimum atomic E-state index is -0.309. The zero-order chi connectivity index (χ0) is 29.4. The van der Waals surface area contributed by atoms with E-state index in [-0.39, 0.29) is 36.9 Å². The van der Waals surface area contributed by atoms with Crippen molar-refractivity contribution < 1.29 is 21.1 Å². The Hall–Kier alpha value is -2.09. The van der Waals surface area contributed by atoms with Crippen LogP contribution >= 0.6 is 15.8 Å². The van der Waals surface area contributed by atoms with Gasteiger partial charge in [0.15, 0.2) is 0 Å². The molecule has 0 amide bonds. The molecule has 0 saturated heterocycles. The second-order valence-corrected chi connectivity index (χ2v) is 14.2. The predicted octanol–water partition coefficient (Wildman–Crippen LogP) is 9.99. The van der Waals surface area contributed by atoms with Crippen molar-refractivity contribution in [2.75, 3.05) is 12.3 Å². The van der Waals surface area contributed by atoms with Gasteiger partial charge in [0.05, 0.1) is 0 Å². The van der Waals surface area contributed by atoms with E-state index in [1.54, 1.807) is 0 Å². The summed E-state index contributed by atoms with van der Waals surface area (Å²) in [4.78, 5) is 0. The molecule has 0 N–H and O–H groups in total. The molecule has 0 aliphatic carbocycles. The third kappa shape index (κ3) is 15.4. The largest absolute Gasteiger partial charge is 2.00 e. The molecular formula is C39H48P2Pt. The predicted molar refractivity (Wildman–Crippen MR) is 191 cm³/mol. The molecule has 4 aromatic carbocycles. The summed E-state index contributed by atoms with van der Waals surface area (Å²) in [6.07, 6.45) is 14.2. The van der Waals surface area contributed by atoms with Crippen molar-refractivity contribution in [3.8, 4) is 0 Å². The first kappa shape index (κ1) is 37.9. The van der Waals surface area contributed by atoms with E-state index in [4.69, 9.17) is 0 Å². The van der Waals surface area contributed by atoms with Crippen LogP contribution in [0.4, 0.5) is 0 Å². The summed E-state index contributed by atoms with van der Waals surface area (Å²) in [7, 11) is -0.618. The zero-order valence-corrected chi connectivity index (χ0v) is 29.2. The molecule has 0 nitrogen and oxygen atoms in total.